The topological polar surface area (TPSA) is 68.2 Å². The van der Waals surface area contributed by atoms with E-state index in [0.29, 0.717) is 5.56 Å². The minimum absolute atomic E-state index is 0.00165. The van der Waals surface area contributed by atoms with Gasteiger partial charge in [-0.2, -0.15) is 0 Å². The van der Waals surface area contributed by atoms with Crippen molar-refractivity contribution in [1.29, 1.82) is 0 Å². The van der Waals surface area contributed by atoms with Gasteiger partial charge < -0.3 is 4.57 Å². The molecule has 2 rings (SSSR count). The van der Waals surface area contributed by atoms with Crippen LogP contribution in [-0.4, -0.2) is 13.0 Å². The van der Waals surface area contributed by atoms with Crippen molar-refractivity contribution < 1.29 is 8.42 Å². The number of hydrogen-bond donors (Lipinski definition) is 1. The average Bonchev–Trinajstić information content (AvgIpc) is 2.40. The van der Waals surface area contributed by atoms with Crippen LogP contribution in [0.5, 0.6) is 0 Å². The Morgan fingerprint density at radius 3 is 2.67 bits per heavy atom. The Hall–Kier alpha value is -1.92. The van der Waals surface area contributed by atoms with Crippen molar-refractivity contribution in [3.8, 4) is 0 Å². The van der Waals surface area contributed by atoms with Gasteiger partial charge in [0.05, 0.1) is 5.75 Å². The lowest BCUT2D eigenvalue weighted by atomic mass is 10.2. The van der Waals surface area contributed by atoms with Gasteiger partial charge in [-0.15, -0.1) is 0 Å². The summed E-state index contributed by atoms with van der Waals surface area (Å²) < 4.78 is 28.0. The fraction of sp³-hybridized carbons (Fsp3) is 0.267. The molecule has 0 fully saturated rings. The number of pyridine rings is 1. The molecule has 0 radical (unpaired) electrons. The van der Waals surface area contributed by atoms with Crippen molar-refractivity contribution in [1.82, 2.24) is 9.29 Å². The van der Waals surface area contributed by atoms with E-state index in [0.717, 1.165) is 11.1 Å². The van der Waals surface area contributed by atoms with E-state index in [-0.39, 0.29) is 17.9 Å². The summed E-state index contributed by atoms with van der Waals surface area (Å²) in [4.78, 5) is 11.8. The zero-order valence-corrected chi connectivity index (χ0v) is 12.9. The maximum absolute atomic E-state index is 12.1. The molecule has 0 saturated heterocycles. The van der Waals surface area contributed by atoms with Crippen LogP contribution < -0.4 is 10.3 Å². The first-order chi connectivity index (χ1) is 9.87. The molecule has 21 heavy (non-hydrogen) atoms. The Morgan fingerprint density at radius 1 is 1.19 bits per heavy atom. The summed E-state index contributed by atoms with van der Waals surface area (Å²) in [7, 11) is -1.85. The van der Waals surface area contributed by atoms with Gasteiger partial charge in [0.15, 0.2) is 0 Å². The van der Waals surface area contributed by atoms with Gasteiger partial charge in [-0.1, -0.05) is 35.9 Å². The molecule has 1 heterocycles. The third-order valence-electron chi connectivity index (χ3n) is 3.12. The molecule has 0 unspecified atom stereocenters. The molecule has 1 aromatic carbocycles. The van der Waals surface area contributed by atoms with Crippen molar-refractivity contribution in [3.63, 3.8) is 0 Å². The van der Waals surface area contributed by atoms with Crippen LogP contribution in [0.4, 0.5) is 0 Å². The van der Waals surface area contributed by atoms with Gasteiger partial charge in [0.25, 0.3) is 5.56 Å². The van der Waals surface area contributed by atoms with E-state index in [2.05, 4.69) is 4.72 Å². The molecule has 2 aromatic rings. The van der Waals surface area contributed by atoms with Gasteiger partial charge in [0.1, 0.15) is 0 Å². The first kappa shape index (κ1) is 15.5. The summed E-state index contributed by atoms with van der Waals surface area (Å²) in [5, 5.41) is 0. The van der Waals surface area contributed by atoms with Crippen molar-refractivity contribution in [2.75, 3.05) is 0 Å². The zero-order valence-electron chi connectivity index (χ0n) is 12.0. The summed E-state index contributed by atoms with van der Waals surface area (Å²) in [6.45, 7) is 1.92. The molecule has 0 atom stereocenters. The minimum atomic E-state index is -3.48. The van der Waals surface area contributed by atoms with Gasteiger partial charge in [0, 0.05) is 25.4 Å². The molecule has 0 bridgehead atoms. The van der Waals surface area contributed by atoms with E-state index in [1.54, 1.807) is 31.4 Å². The van der Waals surface area contributed by atoms with Crippen molar-refractivity contribution >= 4 is 10.0 Å². The number of sulfonamides is 1. The van der Waals surface area contributed by atoms with Crippen LogP contribution in [0.3, 0.4) is 0 Å². The third-order valence-corrected chi connectivity index (χ3v) is 4.42. The highest BCUT2D eigenvalue weighted by Crippen LogP contribution is 2.08. The standard InChI is InChI=1S/C15H18N2O3S/c1-12-5-3-6-13(9-12)11-21(19,20)16-10-14-7-4-8-17(2)15(14)18/h3-9,16H,10-11H2,1-2H3. The van der Waals surface area contributed by atoms with E-state index in [1.807, 2.05) is 25.1 Å². The van der Waals surface area contributed by atoms with Crippen molar-refractivity contribution in [2.45, 2.75) is 19.2 Å². The average molecular weight is 306 g/mol. The monoisotopic (exact) mass is 306 g/mol. The molecule has 112 valence electrons. The second-order valence-corrected chi connectivity index (χ2v) is 6.83. The molecular weight excluding hydrogens is 288 g/mol. The quantitative estimate of drug-likeness (QED) is 0.905. The largest absolute Gasteiger partial charge is 0.318 e. The molecule has 1 aromatic heterocycles. The number of benzene rings is 1. The number of aryl methyl sites for hydroxylation is 2. The van der Waals surface area contributed by atoms with E-state index in [9.17, 15) is 13.2 Å². The summed E-state index contributed by atoms with van der Waals surface area (Å²) in [5.41, 5.74) is 1.96. The Balaban J connectivity index is 2.08. The van der Waals surface area contributed by atoms with Crippen LogP contribution in [-0.2, 0) is 29.4 Å². The lowest BCUT2D eigenvalue weighted by molar-refractivity contribution is 0.580. The molecule has 6 heteroatoms. The fourth-order valence-corrected chi connectivity index (χ4v) is 3.14. The van der Waals surface area contributed by atoms with Crippen LogP contribution >= 0.6 is 0 Å². The van der Waals surface area contributed by atoms with Crippen LogP contribution in [0, 0.1) is 6.92 Å². The molecule has 5 nitrogen and oxygen atoms in total. The Labute approximate surface area is 124 Å². The van der Waals surface area contributed by atoms with E-state index in [4.69, 9.17) is 0 Å². The van der Waals surface area contributed by atoms with Gasteiger partial charge >= 0.3 is 0 Å². The van der Waals surface area contributed by atoms with Gasteiger partial charge in [-0.05, 0) is 18.6 Å². The molecule has 0 aliphatic carbocycles. The second-order valence-electron chi connectivity index (χ2n) is 5.02. The highest BCUT2D eigenvalue weighted by Gasteiger charge is 2.12. The lowest BCUT2D eigenvalue weighted by Crippen LogP contribution is -2.29. The highest BCUT2D eigenvalue weighted by molar-refractivity contribution is 7.88. The lowest BCUT2D eigenvalue weighted by Gasteiger charge is -2.08. The Kier molecular flexibility index (Phi) is 4.59. The maximum atomic E-state index is 12.1. The fourth-order valence-electron chi connectivity index (χ4n) is 2.05. The predicted octanol–water partition coefficient (Wildman–Crippen LogP) is 1.31. The van der Waals surface area contributed by atoms with Gasteiger partial charge in [0.2, 0.25) is 10.0 Å². The number of nitrogens with one attached hydrogen (secondary N) is 1. The molecule has 0 amide bonds. The molecule has 1 N–H and O–H groups in total. The summed E-state index contributed by atoms with van der Waals surface area (Å²) in [6.07, 6.45) is 1.63. The highest BCUT2D eigenvalue weighted by atomic mass is 32.2. The minimum Gasteiger partial charge on any atom is -0.318 e. The third kappa shape index (κ3) is 4.27. The molecule has 0 spiro atoms. The smallest absolute Gasteiger partial charge is 0.254 e. The first-order valence-corrected chi connectivity index (χ1v) is 8.20. The predicted molar refractivity (Wildman–Crippen MR) is 82.3 cm³/mol. The Morgan fingerprint density at radius 2 is 1.95 bits per heavy atom. The van der Waals surface area contributed by atoms with Crippen LogP contribution in [0.15, 0.2) is 47.4 Å². The second kappa shape index (κ2) is 6.24. The summed E-state index contributed by atoms with van der Waals surface area (Å²) in [6, 6.07) is 10.7. The SMILES string of the molecule is Cc1cccc(CS(=O)(=O)NCc2cccn(C)c2=O)c1. The number of aromatic nitrogens is 1. The first-order valence-electron chi connectivity index (χ1n) is 6.55. The molecule has 0 saturated carbocycles. The van der Waals surface area contributed by atoms with Crippen LogP contribution in [0.25, 0.3) is 0 Å². The summed E-state index contributed by atoms with van der Waals surface area (Å²) >= 11 is 0. The normalized spacial score (nSPS) is 11.5. The Bertz CT molecular complexity index is 795. The maximum Gasteiger partial charge on any atom is 0.254 e. The number of rotatable bonds is 5. The summed E-state index contributed by atoms with van der Waals surface area (Å²) in [5.74, 6) is -0.0954. The van der Waals surface area contributed by atoms with E-state index < -0.39 is 10.0 Å². The van der Waals surface area contributed by atoms with Gasteiger partial charge in [-0.3, -0.25) is 4.79 Å². The van der Waals surface area contributed by atoms with Crippen molar-refractivity contribution in [3.05, 3.63) is 69.6 Å². The van der Waals surface area contributed by atoms with Crippen LogP contribution in [0.2, 0.25) is 0 Å². The van der Waals surface area contributed by atoms with Crippen LogP contribution in [0.1, 0.15) is 16.7 Å². The van der Waals surface area contributed by atoms with Gasteiger partial charge in [-0.25, -0.2) is 13.1 Å². The number of nitrogens with zero attached hydrogens (tertiary/aromatic N) is 1. The number of hydrogen-bond acceptors (Lipinski definition) is 3. The zero-order chi connectivity index (χ0) is 15.5. The molecule has 0 aliphatic rings. The molecular formula is C15H18N2O3S. The van der Waals surface area contributed by atoms with Crippen molar-refractivity contribution in [2.24, 2.45) is 7.05 Å². The van der Waals surface area contributed by atoms with E-state index in [1.165, 1.54) is 4.57 Å². The van der Waals surface area contributed by atoms with E-state index >= 15 is 0 Å². The molecule has 0 aliphatic heterocycles.